The fourth-order valence-corrected chi connectivity index (χ4v) is 2.86. The molecule has 0 aromatic carbocycles. The Bertz CT molecular complexity index is 458. The third-order valence-corrected chi connectivity index (χ3v) is 4.07. The van der Waals surface area contributed by atoms with Gasteiger partial charge in [-0.3, -0.25) is 9.36 Å². The third kappa shape index (κ3) is 5.95. The maximum absolute atomic E-state index is 11.9. The van der Waals surface area contributed by atoms with E-state index in [1.165, 1.54) is 11.8 Å². The molecule has 21 heavy (non-hydrogen) atoms. The van der Waals surface area contributed by atoms with E-state index >= 15 is 0 Å². The lowest BCUT2D eigenvalue weighted by Gasteiger charge is -2.15. The lowest BCUT2D eigenvalue weighted by atomic mass is 10.0. The van der Waals surface area contributed by atoms with Crippen molar-refractivity contribution in [3.05, 3.63) is 0 Å². The van der Waals surface area contributed by atoms with Gasteiger partial charge in [-0.1, -0.05) is 25.6 Å². The van der Waals surface area contributed by atoms with Crippen LogP contribution in [0.1, 0.15) is 53.5 Å². The minimum atomic E-state index is 0.0214. The summed E-state index contributed by atoms with van der Waals surface area (Å²) in [5.74, 6) is 1.40. The van der Waals surface area contributed by atoms with E-state index in [-0.39, 0.29) is 18.0 Å². The van der Waals surface area contributed by atoms with Crippen LogP contribution in [0.4, 0.5) is 5.95 Å². The molecule has 1 aromatic heterocycles. The number of hydrogen-bond donors (Lipinski definition) is 2. The van der Waals surface area contributed by atoms with E-state index in [2.05, 4.69) is 29.4 Å². The second kappa shape index (κ2) is 8.26. The van der Waals surface area contributed by atoms with Gasteiger partial charge in [-0.2, -0.15) is 0 Å². The fourth-order valence-electron chi connectivity index (χ4n) is 1.97. The molecule has 1 unspecified atom stereocenters. The Kier molecular flexibility index (Phi) is 7.01. The van der Waals surface area contributed by atoms with Crippen LogP contribution >= 0.6 is 11.8 Å². The number of carbonyl (C=O) groups excluding carboxylic acids is 1. The zero-order valence-electron chi connectivity index (χ0n) is 13.6. The number of nitrogens with one attached hydrogen (secondary N) is 1. The molecule has 7 heteroatoms. The topological polar surface area (TPSA) is 85.8 Å². The normalized spacial score (nSPS) is 12.9. The van der Waals surface area contributed by atoms with Gasteiger partial charge in [0.25, 0.3) is 0 Å². The predicted octanol–water partition coefficient (Wildman–Crippen LogP) is 2.47. The summed E-state index contributed by atoms with van der Waals surface area (Å²) >= 11 is 1.37. The summed E-state index contributed by atoms with van der Waals surface area (Å²) in [7, 11) is 0. The molecule has 0 bridgehead atoms. The first kappa shape index (κ1) is 17.8. The maximum Gasteiger partial charge on any atom is 0.230 e. The fraction of sp³-hybridized carbons (Fsp3) is 0.786. The molecule has 0 saturated carbocycles. The SMILES string of the molecule is CC(C)CCC(C)NC(=O)CSc1nnc(N)n1C(C)C. The van der Waals surface area contributed by atoms with E-state index in [4.69, 9.17) is 5.73 Å². The number of nitrogens with two attached hydrogens (primary N) is 1. The Morgan fingerprint density at radius 1 is 1.24 bits per heavy atom. The zero-order valence-corrected chi connectivity index (χ0v) is 14.4. The summed E-state index contributed by atoms with van der Waals surface area (Å²) in [5, 5.41) is 11.6. The summed E-state index contributed by atoms with van der Waals surface area (Å²) < 4.78 is 1.83. The average molecular weight is 313 g/mol. The van der Waals surface area contributed by atoms with E-state index < -0.39 is 0 Å². The molecule has 0 radical (unpaired) electrons. The van der Waals surface area contributed by atoms with Gasteiger partial charge in [0, 0.05) is 12.1 Å². The van der Waals surface area contributed by atoms with Crippen molar-refractivity contribution in [3.63, 3.8) is 0 Å². The van der Waals surface area contributed by atoms with Gasteiger partial charge in [-0.15, -0.1) is 10.2 Å². The number of rotatable bonds is 8. The standard InChI is InChI=1S/C14H27N5OS/c1-9(2)6-7-11(5)16-12(20)8-21-14-18-17-13(15)19(14)10(3)4/h9-11H,6-8H2,1-5H3,(H2,15,17)(H,16,20). The number of thioether (sulfide) groups is 1. The molecular formula is C14H27N5OS. The molecule has 1 aromatic rings. The number of amides is 1. The highest BCUT2D eigenvalue weighted by Gasteiger charge is 2.15. The summed E-state index contributed by atoms with van der Waals surface area (Å²) in [6, 6.07) is 0.379. The van der Waals surface area contributed by atoms with Gasteiger partial charge in [0.1, 0.15) is 0 Å². The molecular weight excluding hydrogens is 286 g/mol. The zero-order chi connectivity index (χ0) is 16.0. The van der Waals surface area contributed by atoms with Gasteiger partial charge >= 0.3 is 0 Å². The second-order valence-corrected chi connectivity index (χ2v) is 6.98. The third-order valence-electron chi connectivity index (χ3n) is 3.12. The van der Waals surface area contributed by atoms with Crippen molar-refractivity contribution < 1.29 is 4.79 Å². The first-order valence-corrected chi connectivity index (χ1v) is 8.42. The Hall–Kier alpha value is -1.24. The molecule has 0 saturated heterocycles. The quantitative estimate of drug-likeness (QED) is 0.720. The number of nitrogen functional groups attached to an aromatic ring is 1. The van der Waals surface area contributed by atoms with Crippen molar-refractivity contribution in [2.75, 3.05) is 11.5 Å². The molecule has 1 rings (SSSR count). The van der Waals surface area contributed by atoms with E-state index in [9.17, 15) is 4.79 Å². The Balaban J connectivity index is 2.43. The Labute approximate surface area is 131 Å². The molecule has 3 N–H and O–H groups in total. The van der Waals surface area contributed by atoms with E-state index in [0.29, 0.717) is 22.8 Å². The molecule has 1 amide bonds. The van der Waals surface area contributed by atoms with Gasteiger partial charge < -0.3 is 11.1 Å². The Morgan fingerprint density at radius 3 is 2.48 bits per heavy atom. The monoisotopic (exact) mass is 313 g/mol. The van der Waals surface area contributed by atoms with Crippen molar-refractivity contribution in [3.8, 4) is 0 Å². The van der Waals surface area contributed by atoms with Crippen LogP contribution in [-0.2, 0) is 4.79 Å². The summed E-state index contributed by atoms with van der Waals surface area (Å²) in [6.45, 7) is 10.4. The lowest BCUT2D eigenvalue weighted by molar-refractivity contribution is -0.119. The predicted molar refractivity (Wildman–Crippen MR) is 87.2 cm³/mol. The number of aromatic nitrogens is 3. The highest BCUT2D eigenvalue weighted by molar-refractivity contribution is 7.99. The lowest BCUT2D eigenvalue weighted by Crippen LogP contribution is -2.34. The summed E-state index contributed by atoms with van der Waals surface area (Å²) in [4.78, 5) is 11.9. The van der Waals surface area contributed by atoms with Gasteiger partial charge in [-0.25, -0.2) is 0 Å². The van der Waals surface area contributed by atoms with Crippen LogP contribution in [-0.4, -0.2) is 32.5 Å². The highest BCUT2D eigenvalue weighted by Crippen LogP contribution is 2.22. The minimum absolute atomic E-state index is 0.0214. The van der Waals surface area contributed by atoms with Crippen LogP contribution in [0.5, 0.6) is 0 Å². The van der Waals surface area contributed by atoms with E-state index in [0.717, 1.165) is 12.8 Å². The summed E-state index contributed by atoms with van der Waals surface area (Å²) in [5.41, 5.74) is 5.77. The molecule has 0 spiro atoms. The molecule has 0 aliphatic rings. The van der Waals surface area contributed by atoms with Crippen LogP contribution in [0.25, 0.3) is 0 Å². The van der Waals surface area contributed by atoms with Crippen LogP contribution in [0.15, 0.2) is 5.16 Å². The van der Waals surface area contributed by atoms with Crippen molar-refractivity contribution in [1.29, 1.82) is 0 Å². The van der Waals surface area contributed by atoms with Crippen LogP contribution in [0.3, 0.4) is 0 Å². The van der Waals surface area contributed by atoms with Crippen LogP contribution in [0, 0.1) is 5.92 Å². The van der Waals surface area contributed by atoms with Gasteiger partial charge in [-0.05, 0) is 39.5 Å². The number of nitrogens with zero attached hydrogens (tertiary/aromatic N) is 3. The van der Waals surface area contributed by atoms with Crippen LogP contribution < -0.4 is 11.1 Å². The van der Waals surface area contributed by atoms with E-state index in [1.54, 1.807) is 0 Å². The number of hydrogen-bond acceptors (Lipinski definition) is 5. The molecule has 0 aliphatic heterocycles. The summed E-state index contributed by atoms with van der Waals surface area (Å²) in [6.07, 6.45) is 2.12. The minimum Gasteiger partial charge on any atom is -0.368 e. The highest BCUT2D eigenvalue weighted by atomic mass is 32.2. The largest absolute Gasteiger partial charge is 0.368 e. The molecule has 0 aliphatic carbocycles. The smallest absolute Gasteiger partial charge is 0.230 e. The molecule has 6 nitrogen and oxygen atoms in total. The van der Waals surface area contributed by atoms with Crippen molar-refractivity contribution in [2.45, 2.75) is 64.7 Å². The van der Waals surface area contributed by atoms with Crippen molar-refractivity contribution >= 4 is 23.6 Å². The number of anilines is 1. The Morgan fingerprint density at radius 2 is 1.90 bits per heavy atom. The molecule has 0 fully saturated rings. The first-order valence-electron chi connectivity index (χ1n) is 7.43. The first-order chi connectivity index (χ1) is 9.81. The maximum atomic E-state index is 11.9. The van der Waals surface area contributed by atoms with Crippen molar-refractivity contribution in [1.82, 2.24) is 20.1 Å². The average Bonchev–Trinajstić information content (AvgIpc) is 2.75. The van der Waals surface area contributed by atoms with Gasteiger partial charge in [0.15, 0.2) is 5.16 Å². The molecule has 120 valence electrons. The second-order valence-electron chi connectivity index (χ2n) is 6.03. The van der Waals surface area contributed by atoms with E-state index in [1.807, 2.05) is 25.3 Å². The molecule has 1 heterocycles. The van der Waals surface area contributed by atoms with Gasteiger partial charge in [0.05, 0.1) is 5.75 Å². The van der Waals surface area contributed by atoms with Crippen LogP contribution in [0.2, 0.25) is 0 Å². The van der Waals surface area contributed by atoms with Crippen molar-refractivity contribution in [2.24, 2.45) is 5.92 Å². The molecule has 1 atom stereocenters. The number of carbonyl (C=O) groups is 1. The van der Waals surface area contributed by atoms with Gasteiger partial charge in [0.2, 0.25) is 11.9 Å².